The van der Waals surface area contributed by atoms with Crippen molar-refractivity contribution in [1.82, 2.24) is 10.2 Å². The molecular weight excluding hydrogens is 404 g/mol. The molecular formula is C26H36N2O2S. The largest absolute Gasteiger partial charge is 0.354 e. The van der Waals surface area contributed by atoms with Gasteiger partial charge in [-0.3, -0.25) is 9.59 Å². The van der Waals surface area contributed by atoms with Crippen molar-refractivity contribution >= 4 is 23.6 Å². The Hall–Kier alpha value is -2.27. The van der Waals surface area contributed by atoms with Gasteiger partial charge in [0, 0.05) is 31.0 Å². The van der Waals surface area contributed by atoms with E-state index in [1.54, 1.807) is 16.7 Å². The van der Waals surface area contributed by atoms with Crippen molar-refractivity contribution in [2.75, 3.05) is 12.3 Å². The van der Waals surface area contributed by atoms with Gasteiger partial charge in [0.1, 0.15) is 6.04 Å². The summed E-state index contributed by atoms with van der Waals surface area (Å²) in [7, 11) is 0. The van der Waals surface area contributed by atoms with Crippen LogP contribution < -0.4 is 5.32 Å². The average molecular weight is 441 g/mol. The third-order valence-corrected chi connectivity index (χ3v) is 6.27. The first-order valence-electron chi connectivity index (χ1n) is 11.2. The van der Waals surface area contributed by atoms with E-state index in [1.807, 2.05) is 56.3 Å². The number of aryl methyl sites for hydroxylation is 1. The monoisotopic (exact) mass is 440 g/mol. The molecule has 0 saturated carbocycles. The molecule has 2 aromatic rings. The van der Waals surface area contributed by atoms with E-state index >= 15 is 0 Å². The summed E-state index contributed by atoms with van der Waals surface area (Å²) in [5.74, 6) is 1.97. The Labute approximate surface area is 191 Å². The van der Waals surface area contributed by atoms with Crippen molar-refractivity contribution in [3.8, 4) is 0 Å². The summed E-state index contributed by atoms with van der Waals surface area (Å²) in [5.41, 5.74) is 3.48. The minimum Gasteiger partial charge on any atom is -0.354 e. The summed E-state index contributed by atoms with van der Waals surface area (Å²) in [6, 6.07) is 17.9. The van der Waals surface area contributed by atoms with Crippen LogP contribution in [0.3, 0.4) is 0 Å². The molecule has 0 aromatic heterocycles. The van der Waals surface area contributed by atoms with Gasteiger partial charge in [-0.15, -0.1) is 0 Å². The standard InChI is InChI=1S/C26H36N2O2S/c1-5-24(26(30)27-17-20(2)3)28(18-23-14-10-9-11-21(23)4)25(29)15-16-31-19-22-12-7-6-8-13-22/h6-14,20,24H,5,15-19H2,1-4H3,(H,27,30). The summed E-state index contributed by atoms with van der Waals surface area (Å²) < 4.78 is 0. The van der Waals surface area contributed by atoms with Crippen molar-refractivity contribution in [1.29, 1.82) is 0 Å². The molecule has 0 spiro atoms. The summed E-state index contributed by atoms with van der Waals surface area (Å²) in [6.45, 7) is 9.25. The zero-order chi connectivity index (χ0) is 22.6. The van der Waals surface area contributed by atoms with Crippen LogP contribution in [0, 0.1) is 12.8 Å². The third-order valence-electron chi connectivity index (χ3n) is 5.24. The Kier molecular flexibility index (Phi) is 10.6. The van der Waals surface area contributed by atoms with Gasteiger partial charge in [0.15, 0.2) is 0 Å². The summed E-state index contributed by atoms with van der Waals surface area (Å²) in [4.78, 5) is 27.9. The van der Waals surface area contributed by atoms with Crippen LogP contribution in [0.25, 0.3) is 0 Å². The van der Waals surface area contributed by atoms with Crippen LogP contribution in [0.2, 0.25) is 0 Å². The minimum absolute atomic E-state index is 0.0374. The lowest BCUT2D eigenvalue weighted by Crippen LogP contribution is -2.49. The molecule has 0 radical (unpaired) electrons. The molecule has 0 aliphatic carbocycles. The molecule has 2 amide bonds. The van der Waals surface area contributed by atoms with E-state index in [4.69, 9.17) is 0 Å². The fourth-order valence-electron chi connectivity index (χ4n) is 3.38. The maximum atomic E-state index is 13.2. The maximum Gasteiger partial charge on any atom is 0.242 e. The molecule has 0 heterocycles. The molecule has 1 atom stereocenters. The van der Waals surface area contributed by atoms with Crippen LogP contribution in [0.15, 0.2) is 54.6 Å². The fourth-order valence-corrected chi connectivity index (χ4v) is 4.27. The van der Waals surface area contributed by atoms with Crippen LogP contribution in [0.5, 0.6) is 0 Å². The van der Waals surface area contributed by atoms with Gasteiger partial charge in [-0.1, -0.05) is 75.4 Å². The Bertz CT molecular complexity index is 823. The highest BCUT2D eigenvalue weighted by Crippen LogP contribution is 2.18. The number of hydrogen-bond donors (Lipinski definition) is 1. The highest BCUT2D eigenvalue weighted by molar-refractivity contribution is 7.98. The van der Waals surface area contributed by atoms with E-state index in [-0.39, 0.29) is 11.8 Å². The van der Waals surface area contributed by atoms with Crippen molar-refractivity contribution in [2.45, 2.75) is 58.9 Å². The van der Waals surface area contributed by atoms with E-state index in [9.17, 15) is 9.59 Å². The Balaban J connectivity index is 2.06. The molecule has 0 fully saturated rings. The molecule has 2 aromatic carbocycles. The molecule has 1 unspecified atom stereocenters. The predicted molar refractivity (Wildman–Crippen MR) is 131 cm³/mol. The number of hydrogen-bond acceptors (Lipinski definition) is 3. The Morgan fingerprint density at radius 3 is 2.35 bits per heavy atom. The minimum atomic E-state index is -0.454. The van der Waals surface area contributed by atoms with Crippen LogP contribution in [-0.2, 0) is 21.9 Å². The fraction of sp³-hybridized carbons (Fsp3) is 0.462. The lowest BCUT2D eigenvalue weighted by molar-refractivity contribution is -0.141. The number of rotatable bonds is 12. The first-order valence-corrected chi connectivity index (χ1v) is 12.3. The van der Waals surface area contributed by atoms with Crippen molar-refractivity contribution < 1.29 is 9.59 Å². The van der Waals surface area contributed by atoms with Gasteiger partial charge in [0.05, 0.1) is 0 Å². The van der Waals surface area contributed by atoms with Crippen LogP contribution >= 0.6 is 11.8 Å². The molecule has 0 aliphatic rings. The van der Waals surface area contributed by atoms with Crippen LogP contribution in [-0.4, -0.2) is 35.1 Å². The SMILES string of the molecule is CCC(C(=O)NCC(C)C)N(Cc1ccccc1C)C(=O)CCSCc1ccccc1. The number of carbonyl (C=O) groups is 2. The second kappa shape index (κ2) is 13.2. The lowest BCUT2D eigenvalue weighted by atomic mass is 10.1. The highest BCUT2D eigenvalue weighted by atomic mass is 32.2. The van der Waals surface area contributed by atoms with Gasteiger partial charge in [-0.2, -0.15) is 11.8 Å². The zero-order valence-electron chi connectivity index (χ0n) is 19.3. The van der Waals surface area contributed by atoms with E-state index < -0.39 is 6.04 Å². The van der Waals surface area contributed by atoms with Gasteiger partial charge in [-0.05, 0) is 36.0 Å². The second-order valence-electron chi connectivity index (χ2n) is 8.30. The molecule has 0 bridgehead atoms. The van der Waals surface area contributed by atoms with Gasteiger partial charge in [0.2, 0.25) is 11.8 Å². The van der Waals surface area contributed by atoms with Gasteiger partial charge in [0.25, 0.3) is 0 Å². The van der Waals surface area contributed by atoms with Gasteiger partial charge < -0.3 is 10.2 Å². The maximum absolute atomic E-state index is 13.2. The van der Waals surface area contributed by atoms with E-state index in [2.05, 4.69) is 31.3 Å². The number of benzene rings is 2. The molecule has 4 nitrogen and oxygen atoms in total. The summed E-state index contributed by atoms with van der Waals surface area (Å²) in [6.07, 6.45) is 1.02. The third kappa shape index (κ3) is 8.41. The lowest BCUT2D eigenvalue weighted by Gasteiger charge is -2.31. The number of carbonyl (C=O) groups excluding carboxylic acids is 2. The number of nitrogens with zero attached hydrogens (tertiary/aromatic N) is 1. The zero-order valence-corrected chi connectivity index (χ0v) is 20.1. The van der Waals surface area contributed by atoms with E-state index in [0.717, 1.165) is 22.6 Å². The first-order chi connectivity index (χ1) is 14.9. The van der Waals surface area contributed by atoms with Crippen molar-refractivity contribution in [3.05, 3.63) is 71.3 Å². The molecule has 0 aliphatic heterocycles. The van der Waals surface area contributed by atoms with E-state index in [0.29, 0.717) is 31.8 Å². The number of amides is 2. The molecule has 31 heavy (non-hydrogen) atoms. The molecule has 168 valence electrons. The number of thioether (sulfide) groups is 1. The van der Waals surface area contributed by atoms with Crippen LogP contribution in [0.1, 0.15) is 50.3 Å². The average Bonchev–Trinajstić information content (AvgIpc) is 2.77. The molecule has 5 heteroatoms. The molecule has 2 rings (SSSR count). The molecule has 1 N–H and O–H groups in total. The van der Waals surface area contributed by atoms with Crippen LogP contribution in [0.4, 0.5) is 0 Å². The Morgan fingerprint density at radius 2 is 1.71 bits per heavy atom. The summed E-state index contributed by atoms with van der Waals surface area (Å²) >= 11 is 1.76. The summed E-state index contributed by atoms with van der Waals surface area (Å²) in [5, 5.41) is 3.02. The van der Waals surface area contributed by atoms with Gasteiger partial charge in [-0.25, -0.2) is 0 Å². The second-order valence-corrected chi connectivity index (χ2v) is 9.40. The van der Waals surface area contributed by atoms with Crippen molar-refractivity contribution in [3.63, 3.8) is 0 Å². The number of nitrogens with one attached hydrogen (secondary N) is 1. The first kappa shape index (κ1) is 25.0. The normalized spacial score (nSPS) is 11.9. The topological polar surface area (TPSA) is 49.4 Å². The quantitative estimate of drug-likeness (QED) is 0.462. The highest BCUT2D eigenvalue weighted by Gasteiger charge is 2.28. The van der Waals surface area contributed by atoms with Crippen molar-refractivity contribution in [2.24, 2.45) is 5.92 Å². The smallest absolute Gasteiger partial charge is 0.242 e. The molecule has 0 saturated heterocycles. The van der Waals surface area contributed by atoms with E-state index in [1.165, 1.54) is 5.56 Å². The van der Waals surface area contributed by atoms with Gasteiger partial charge >= 0.3 is 0 Å². The Morgan fingerprint density at radius 1 is 1.03 bits per heavy atom. The predicted octanol–water partition coefficient (Wildman–Crippen LogP) is 5.20.